The fourth-order valence-electron chi connectivity index (χ4n) is 3.61. The minimum absolute atomic E-state index is 0.0899. The third-order valence-corrected chi connectivity index (χ3v) is 5.14. The molecule has 0 aromatic heterocycles. The van der Waals surface area contributed by atoms with Crippen LogP contribution in [0.2, 0.25) is 0 Å². The van der Waals surface area contributed by atoms with Gasteiger partial charge in [-0.2, -0.15) is 0 Å². The standard InChI is InChI=1S/C25H31NO7/c1-25(2)32-21(22(33-25)17-30-15-18-10-6-4-7-11-18)14-20(23(27)29-3)26-24(28)31-16-19-12-8-5-9-13-19/h4-13,20-22H,14-17H2,1-3H3,(H,26,28)/t20-,21+,22+/m0/s1. The molecule has 1 saturated heterocycles. The van der Waals surface area contributed by atoms with Crippen LogP contribution in [0.15, 0.2) is 60.7 Å². The van der Waals surface area contributed by atoms with Crippen molar-refractivity contribution in [1.29, 1.82) is 0 Å². The van der Waals surface area contributed by atoms with E-state index in [4.69, 9.17) is 23.7 Å². The molecular formula is C25H31NO7. The number of carbonyl (C=O) groups is 2. The van der Waals surface area contributed by atoms with Gasteiger partial charge in [-0.25, -0.2) is 9.59 Å². The summed E-state index contributed by atoms with van der Waals surface area (Å²) in [4.78, 5) is 24.7. The summed E-state index contributed by atoms with van der Waals surface area (Å²) in [6, 6.07) is 18.1. The Labute approximate surface area is 194 Å². The number of methoxy groups -OCH3 is 1. The van der Waals surface area contributed by atoms with Gasteiger partial charge >= 0.3 is 12.1 Å². The minimum Gasteiger partial charge on any atom is -0.467 e. The molecule has 1 fully saturated rings. The quantitative estimate of drug-likeness (QED) is 0.545. The van der Waals surface area contributed by atoms with E-state index in [9.17, 15) is 9.59 Å². The molecule has 8 heteroatoms. The first-order valence-electron chi connectivity index (χ1n) is 10.9. The van der Waals surface area contributed by atoms with E-state index in [1.807, 2.05) is 60.7 Å². The first-order valence-corrected chi connectivity index (χ1v) is 10.9. The molecule has 1 aliphatic heterocycles. The molecule has 3 rings (SSSR count). The Morgan fingerprint density at radius 1 is 0.939 bits per heavy atom. The van der Waals surface area contributed by atoms with E-state index in [0.29, 0.717) is 6.61 Å². The lowest BCUT2D eigenvalue weighted by atomic mass is 10.1. The summed E-state index contributed by atoms with van der Waals surface area (Å²) >= 11 is 0. The number of carbonyl (C=O) groups excluding carboxylic acids is 2. The van der Waals surface area contributed by atoms with Gasteiger partial charge in [-0.15, -0.1) is 0 Å². The van der Waals surface area contributed by atoms with Crippen molar-refractivity contribution in [2.24, 2.45) is 0 Å². The third-order valence-electron chi connectivity index (χ3n) is 5.14. The molecule has 0 spiro atoms. The largest absolute Gasteiger partial charge is 0.467 e. The van der Waals surface area contributed by atoms with Gasteiger partial charge in [-0.05, 0) is 25.0 Å². The maximum atomic E-state index is 12.4. The molecule has 1 heterocycles. The summed E-state index contributed by atoms with van der Waals surface area (Å²) in [5.41, 5.74) is 1.88. The molecule has 33 heavy (non-hydrogen) atoms. The molecule has 1 aliphatic rings. The van der Waals surface area contributed by atoms with Gasteiger partial charge in [-0.1, -0.05) is 60.7 Å². The van der Waals surface area contributed by atoms with Gasteiger partial charge in [0.05, 0.1) is 26.4 Å². The molecule has 178 valence electrons. The zero-order chi connectivity index (χ0) is 23.7. The van der Waals surface area contributed by atoms with Gasteiger partial charge in [0.2, 0.25) is 0 Å². The summed E-state index contributed by atoms with van der Waals surface area (Å²) < 4.78 is 27.9. The molecule has 2 aromatic rings. The highest BCUT2D eigenvalue weighted by atomic mass is 16.8. The average molecular weight is 458 g/mol. The monoisotopic (exact) mass is 457 g/mol. The van der Waals surface area contributed by atoms with Gasteiger partial charge in [0.15, 0.2) is 5.79 Å². The van der Waals surface area contributed by atoms with Crippen molar-refractivity contribution in [2.45, 2.75) is 57.5 Å². The van der Waals surface area contributed by atoms with Crippen LogP contribution in [0.5, 0.6) is 0 Å². The van der Waals surface area contributed by atoms with Gasteiger partial charge < -0.3 is 29.0 Å². The topological polar surface area (TPSA) is 92.3 Å². The van der Waals surface area contributed by atoms with E-state index in [2.05, 4.69) is 5.32 Å². The van der Waals surface area contributed by atoms with E-state index in [0.717, 1.165) is 11.1 Å². The van der Waals surface area contributed by atoms with Crippen LogP contribution in [0.4, 0.5) is 4.79 Å². The van der Waals surface area contributed by atoms with Crippen molar-refractivity contribution in [3.05, 3.63) is 71.8 Å². The molecule has 0 saturated carbocycles. The van der Waals surface area contributed by atoms with Crippen LogP contribution in [0.1, 0.15) is 31.4 Å². The Bertz CT molecular complexity index is 888. The third kappa shape index (κ3) is 7.85. The smallest absolute Gasteiger partial charge is 0.408 e. The number of esters is 1. The first kappa shape index (κ1) is 24.7. The highest BCUT2D eigenvalue weighted by Crippen LogP contribution is 2.31. The van der Waals surface area contributed by atoms with Crippen LogP contribution in [0, 0.1) is 0 Å². The number of ether oxygens (including phenoxy) is 5. The van der Waals surface area contributed by atoms with Gasteiger partial charge in [0, 0.05) is 6.42 Å². The predicted molar refractivity (Wildman–Crippen MR) is 120 cm³/mol. The number of nitrogens with one attached hydrogen (secondary N) is 1. The van der Waals surface area contributed by atoms with Crippen molar-refractivity contribution in [3.63, 3.8) is 0 Å². The summed E-state index contributed by atoms with van der Waals surface area (Å²) in [5, 5.41) is 2.58. The van der Waals surface area contributed by atoms with E-state index >= 15 is 0 Å². The van der Waals surface area contributed by atoms with Crippen LogP contribution in [0.25, 0.3) is 0 Å². The molecule has 0 radical (unpaired) electrons. The molecule has 0 unspecified atom stereocenters. The molecule has 1 N–H and O–H groups in total. The predicted octanol–water partition coefficient (Wildman–Crippen LogP) is 3.58. The van der Waals surface area contributed by atoms with E-state index < -0.39 is 36.1 Å². The van der Waals surface area contributed by atoms with Crippen LogP contribution >= 0.6 is 0 Å². The fraction of sp³-hybridized carbons (Fsp3) is 0.440. The second-order valence-corrected chi connectivity index (χ2v) is 8.23. The second-order valence-electron chi connectivity index (χ2n) is 8.23. The summed E-state index contributed by atoms with van der Waals surface area (Å²) in [7, 11) is 1.27. The highest BCUT2D eigenvalue weighted by Gasteiger charge is 2.43. The summed E-state index contributed by atoms with van der Waals surface area (Å²) in [6.45, 7) is 4.39. The lowest BCUT2D eigenvalue weighted by Gasteiger charge is -2.22. The molecular weight excluding hydrogens is 426 g/mol. The van der Waals surface area contributed by atoms with Gasteiger partial charge in [0.1, 0.15) is 18.8 Å². The van der Waals surface area contributed by atoms with Crippen molar-refractivity contribution >= 4 is 12.1 Å². The number of alkyl carbamates (subject to hydrolysis) is 1. The molecule has 0 bridgehead atoms. The number of hydrogen-bond donors (Lipinski definition) is 1. The lowest BCUT2D eigenvalue weighted by Crippen LogP contribution is -2.45. The Kier molecular flexibility index (Phi) is 8.82. The van der Waals surface area contributed by atoms with Crippen molar-refractivity contribution in [2.75, 3.05) is 13.7 Å². The fourth-order valence-corrected chi connectivity index (χ4v) is 3.61. The van der Waals surface area contributed by atoms with E-state index in [-0.39, 0.29) is 19.6 Å². The highest BCUT2D eigenvalue weighted by molar-refractivity contribution is 5.81. The molecule has 3 atom stereocenters. The number of hydrogen-bond acceptors (Lipinski definition) is 7. The second kappa shape index (κ2) is 11.8. The van der Waals surface area contributed by atoms with Crippen molar-refractivity contribution < 1.29 is 33.3 Å². The zero-order valence-corrected chi connectivity index (χ0v) is 19.2. The van der Waals surface area contributed by atoms with Crippen molar-refractivity contribution in [3.8, 4) is 0 Å². The van der Waals surface area contributed by atoms with Crippen molar-refractivity contribution in [1.82, 2.24) is 5.32 Å². The van der Waals surface area contributed by atoms with E-state index in [1.54, 1.807) is 13.8 Å². The number of amides is 1. The Morgan fingerprint density at radius 3 is 2.12 bits per heavy atom. The zero-order valence-electron chi connectivity index (χ0n) is 19.2. The SMILES string of the molecule is COC(=O)[C@H](C[C@H]1OC(C)(C)O[C@@H]1COCc1ccccc1)NC(=O)OCc1ccccc1. The van der Waals surface area contributed by atoms with E-state index in [1.165, 1.54) is 7.11 Å². The first-order chi connectivity index (χ1) is 15.9. The maximum absolute atomic E-state index is 12.4. The molecule has 2 aromatic carbocycles. The number of rotatable bonds is 10. The minimum atomic E-state index is -0.961. The summed E-state index contributed by atoms with van der Waals surface area (Å²) in [5.74, 6) is -1.44. The van der Waals surface area contributed by atoms with Crippen LogP contribution in [0.3, 0.4) is 0 Å². The molecule has 8 nitrogen and oxygen atoms in total. The van der Waals surface area contributed by atoms with Crippen LogP contribution in [-0.4, -0.2) is 49.8 Å². The Morgan fingerprint density at radius 2 is 1.52 bits per heavy atom. The summed E-state index contributed by atoms with van der Waals surface area (Å²) in [6.07, 6.45) is -1.48. The Balaban J connectivity index is 1.56. The lowest BCUT2D eigenvalue weighted by molar-refractivity contribution is -0.154. The normalized spacial score (nSPS) is 20.1. The maximum Gasteiger partial charge on any atom is 0.408 e. The van der Waals surface area contributed by atoms with Crippen LogP contribution in [-0.2, 0) is 41.7 Å². The van der Waals surface area contributed by atoms with Crippen LogP contribution < -0.4 is 5.32 Å². The van der Waals surface area contributed by atoms with Gasteiger partial charge in [0.25, 0.3) is 0 Å². The van der Waals surface area contributed by atoms with Gasteiger partial charge in [-0.3, -0.25) is 0 Å². The Hall–Kier alpha value is -2.94. The molecule has 0 aliphatic carbocycles. The number of benzene rings is 2. The molecule has 1 amide bonds. The average Bonchev–Trinajstić information content (AvgIpc) is 3.11.